The van der Waals surface area contributed by atoms with Gasteiger partial charge in [0.1, 0.15) is 23.2 Å². The summed E-state index contributed by atoms with van der Waals surface area (Å²) in [4.78, 5) is 23.1. The second-order valence-electron chi connectivity index (χ2n) is 6.67. The molecular weight excluding hydrogens is 365 g/mol. The van der Waals surface area contributed by atoms with Gasteiger partial charge < -0.3 is 10.1 Å². The third kappa shape index (κ3) is 3.96. The van der Waals surface area contributed by atoms with Crippen LogP contribution >= 0.6 is 0 Å². The van der Waals surface area contributed by atoms with Gasteiger partial charge in [-0.1, -0.05) is 6.07 Å². The van der Waals surface area contributed by atoms with E-state index in [4.69, 9.17) is 4.74 Å². The number of hydrogen-bond donors (Lipinski definition) is 2. The van der Waals surface area contributed by atoms with Gasteiger partial charge in [0.05, 0.1) is 5.75 Å². The van der Waals surface area contributed by atoms with Gasteiger partial charge in [0.15, 0.2) is 0 Å². The van der Waals surface area contributed by atoms with Crippen molar-refractivity contribution < 1.29 is 27.1 Å². The Kier molecular flexibility index (Phi) is 4.89. The molecule has 26 heavy (non-hydrogen) atoms. The number of urea groups is 1. The highest BCUT2D eigenvalue weighted by Crippen LogP contribution is 2.23. The number of halogens is 1. The lowest BCUT2D eigenvalue weighted by Gasteiger charge is -2.33. The highest BCUT2D eigenvalue weighted by molar-refractivity contribution is 7.89. The third-order valence-electron chi connectivity index (χ3n) is 4.48. The molecule has 1 aromatic rings. The SMILES string of the molecule is C[C@]1(CS(=O)(=O)N2CCC(Oc3cccc(F)c3)CC2)NC(=O)NC1=O. The number of carbonyl (C=O) groups is 2. The molecule has 0 aliphatic carbocycles. The fourth-order valence-electron chi connectivity index (χ4n) is 3.10. The minimum atomic E-state index is -3.74. The standard InChI is InChI=1S/C16H20FN3O5S/c1-16(14(21)18-15(22)19-16)10-26(23,24)20-7-5-12(6-8-20)25-13-4-2-3-11(17)9-13/h2-4,9,12H,5-8,10H2,1H3,(H2,18,19,21,22)/t16-/m1/s1. The van der Waals surface area contributed by atoms with E-state index in [1.165, 1.54) is 23.4 Å². The molecule has 2 heterocycles. The van der Waals surface area contributed by atoms with Crippen molar-refractivity contribution >= 4 is 22.0 Å². The minimum Gasteiger partial charge on any atom is -0.490 e. The number of ether oxygens (including phenoxy) is 1. The monoisotopic (exact) mass is 385 g/mol. The lowest BCUT2D eigenvalue weighted by molar-refractivity contribution is -0.122. The van der Waals surface area contributed by atoms with Gasteiger partial charge in [-0.2, -0.15) is 0 Å². The average Bonchev–Trinajstić information content (AvgIpc) is 2.79. The number of benzene rings is 1. The van der Waals surface area contributed by atoms with Crippen LogP contribution in [0.3, 0.4) is 0 Å². The molecule has 1 aromatic carbocycles. The van der Waals surface area contributed by atoms with E-state index in [1.807, 2.05) is 5.32 Å². The first-order chi connectivity index (χ1) is 12.2. The Morgan fingerprint density at radius 3 is 2.58 bits per heavy atom. The molecule has 0 bridgehead atoms. The van der Waals surface area contributed by atoms with Crippen LogP contribution in [0.2, 0.25) is 0 Å². The van der Waals surface area contributed by atoms with E-state index in [0.29, 0.717) is 18.6 Å². The summed E-state index contributed by atoms with van der Waals surface area (Å²) in [5, 5.41) is 4.41. The summed E-state index contributed by atoms with van der Waals surface area (Å²) < 4.78 is 45.4. The molecule has 2 aliphatic heterocycles. The second-order valence-corrected chi connectivity index (χ2v) is 8.64. The van der Waals surface area contributed by atoms with Crippen LogP contribution in [0, 0.1) is 5.82 Å². The lowest BCUT2D eigenvalue weighted by Crippen LogP contribution is -2.53. The number of nitrogens with zero attached hydrogens (tertiary/aromatic N) is 1. The first-order valence-electron chi connectivity index (χ1n) is 8.22. The van der Waals surface area contributed by atoms with Crippen LogP contribution in [-0.2, 0) is 14.8 Å². The Bertz CT molecular complexity index is 823. The zero-order valence-corrected chi connectivity index (χ0v) is 15.0. The van der Waals surface area contributed by atoms with Crippen LogP contribution < -0.4 is 15.4 Å². The topological polar surface area (TPSA) is 105 Å². The molecule has 2 saturated heterocycles. The van der Waals surface area contributed by atoms with Gasteiger partial charge in [-0.15, -0.1) is 0 Å². The maximum atomic E-state index is 13.2. The number of imide groups is 1. The second kappa shape index (κ2) is 6.84. The largest absolute Gasteiger partial charge is 0.490 e. The van der Waals surface area contributed by atoms with Crippen LogP contribution in [0.15, 0.2) is 24.3 Å². The Labute approximate surface area is 150 Å². The normalized spacial score (nSPS) is 25.0. The highest BCUT2D eigenvalue weighted by Gasteiger charge is 2.46. The predicted molar refractivity (Wildman–Crippen MR) is 90.5 cm³/mol. The summed E-state index contributed by atoms with van der Waals surface area (Å²) in [6, 6.07) is 5.10. The number of rotatable bonds is 5. The maximum absolute atomic E-state index is 13.2. The zero-order valence-electron chi connectivity index (χ0n) is 14.2. The van der Waals surface area contributed by atoms with Gasteiger partial charge in [0, 0.05) is 19.2 Å². The van der Waals surface area contributed by atoms with Crippen LogP contribution in [0.5, 0.6) is 5.75 Å². The van der Waals surface area contributed by atoms with E-state index < -0.39 is 39.1 Å². The minimum absolute atomic E-state index is 0.215. The predicted octanol–water partition coefficient (Wildman–Crippen LogP) is 0.597. The molecular formula is C16H20FN3O5S. The average molecular weight is 385 g/mol. The molecule has 0 spiro atoms. The van der Waals surface area contributed by atoms with E-state index in [0.717, 1.165) is 0 Å². The smallest absolute Gasteiger partial charge is 0.322 e. The summed E-state index contributed by atoms with van der Waals surface area (Å²) in [6.07, 6.45) is 0.684. The maximum Gasteiger partial charge on any atom is 0.322 e. The molecule has 3 amide bonds. The van der Waals surface area contributed by atoms with Gasteiger partial charge in [0.25, 0.3) is 5.91 Å². The quantitative estimate of drug-likeness (QED) is 0.722. The number of piperidine rings is 1. The molecule has 2 aliphatic rings. The fraction of sp³-hybridized carbons (Fsp3) is 0.500. The van der Waals surface area contributed by atoms with Gasteiger partial charge in [-0.05, 0) is 31.9 Å². The lowest BCUT2D eigenvalue weighted by atomic mass is 10.1. The third-order valence-corrected chi connectivity index (χ3v) is 6.58. The molecule has 142 valence electrons. The van der Waals surface area contributed by atoms with Gasteiger partial charge in [0.2, 0.25) is 10.0 Å². The summed E-state index contributed by atoms with van der Waals surface area (Å²) >= 11 is 0. The number of hydrogen-bond acceptors (Lipinski definition) is 5. The van der Waals surface area contributed by atoms with E-state index >= 15 is 0 Å². The summed E-state index contributed by atoms with van der Waals surface area (Å²) in [5.41, 5.74) is -1.48. The van der Waals surface area contributed by atoms with Crippen molar-refractivity contribution in [3.63, 3.8) is 0 Å². The molecule has 8 nitrogen and oxygen atoms in total. The van der Waals surface area contributed by atoms with E-state index in [2.05, 4.69) is 5.32 Å². The van der Waals surface area contributed by atoms with Crippen molar-refractivity contribution in [2.45, 2.75) is 31.4 Å². The van der Waals surface area contributed by atoms with Crippen LogP contribution in [0.25, 0.3) is 0 Å². The van der Waals surface area contributed by atoms with Crippen molar-refractivity contribution in [3.05, 3.63) is 30.1 Å². The molecule has 1 atom stereocenters. The number of amides is 3. The fourth-order valence-corrected chi connectivity index (χ4v) is 4.98. The number of nitrogens with one attached hydrogen (secondary N) is 2. The molecule has 3 rings (SSSR count). The summed E-state index contributed by atoms with van der Waals surface area (Å²) in [6.45, 7) is 1.84. The van der Waals surface area contributed by atoms with Crippen LogP contribution in [0.4, 0.5) is 9.18 Å². The first-order valence-corrected chi connectivity index (χ1v) is 9.82. The summed E-state index contributed by atoms with van der Waals surface area (Å²) in [7, 11) is -3.74. The number of carbonyl (C=O) groups excluding carboxylic acids is 2. The van der Waals surface area contributed by atoms with E-state index in [1.54, 1.807) is 12.1 Å². The van der Waals surface area contributed by atoms with Crippen molar-refractivity contribution in [1.29, 1.82) is 0 Å². The van der Waals surface area contributed by atoms with Gasteiger partial charge in [-0.3, -0.25) is 10.1 Å². The van der Waals surface area contributed by atoms with Crippen molar-refractivity contribution in [1.82, 2.24) is 14.9 Å². The Morgan fingerprint density at radius 1 is 1.31 bits per heavy atom. The Hall–Kier alpha value is -2.20. The van der Waals surface area contributed by atoms with Gasteiger partial charge >= 0.3 is 6.03 Å². The first kappa shape index (κ1) is 18.6. The van der Waals surface area contributed by atoms with Crippen molar-refractivity contribution in [2.75, 3.05) is 18.8 Å². The Morgan fingerprint density at radius 2 is 2.00 bits per heavy atom. The molecule has 10 heteroatoms. The van der Waals surface area contributed by atoms with Crippen LogP contribution in [0.1, 0.15) is 19.8 Å². The summed E-state index contributed by atoms with van der Waals surface area (Å²) in [5.74, 6) is -1.15. The van der Waals surface area contributed by atoms with Crippen LogP contribution in [-0.4, -0.2) is 55.1 Å². The Balaban J connectivity index is 1.58. The molecule has 2 N–H and O–H groups in total. The molecule has 0 aromatic heterocycles. The van der Waals surface area contributed by atoms with Gasteiger partial charge in [-0.25, -0.2) is 21.9 Å². The molecule has 0 unspecified atom stereocenters. The van der Waals surface area contributed by atoms with E-state index in [9.17, 15) is 22.4 Å². The molecule has 0 radical (unpaired) electrons. The zero-order chi connectivity index (χ0) is 18.9. The van der Waals surface area contributed by atoms with Crippen molar-refractivity contribution in [3.8, 4) is 5.75 Å². The van der Waals surface area contributed by atoms with Crippen molar-refractivity contribution in [2.24, 2.45) is 0 Å². The van der Waals surface area contributed by atoms with E-state index in [-0.39, 0.29) is 19.2 Å². The molecule has 0 saturated carbocycles. The number of sulfonamides is 1. The molecule has 2 fully saturated rings. The highest BCUT2D eigenvalue weighted by atomic mass is 32.2.